The third-order valence-corrected chi connectivity index (χ3v) is 4.31. The van der Waals surface area contributed by atoms with E-state index >= 15 is 0 Å². The van der Waals surface area contributed by atoms with Gasteiger partial charge in [0.15, 0.2) is 5.82 Å². The van der Waals surface area contributed by atoms with Gasteiger partial charge in [0, 0.05) is 11.3 Å². The predicted molar refractivity (Wildman–Crippen MR) is 79.1 cm³/mol. The van der Waals surface area contributed by atoms with Gasteiger partial charge in [-0.25, -0.2) is 4.68 Å². The lowest BCUT2D eigenvalue weighted by molar-refractivity contribution is 0.349. The van der Waals surface area contributed by atoms with Crippen LogP contribution >= 0.6 is 0 Å². The number of nitrogens with two attached hydrogens (primary N) is 1. The van der Waals surface area contributed by atoms with Gasteiger partial charge < -0.3 is 5.73 Å². The van der Waals surface area contributed by atoms with Crippen molar-refractivity contribution in [2.75, 3.05) is 5.73 Å². The summed E-state index contributed by atoms with van der Waals surface area (Å²) in [6, 6.07) is 6.36. The van der Waals surface area contributed by atoms with Gasteiger partial charge in [0.2, 0.25) is 0 Å². The molecule has 1 saturated carbocycles. The Morgan fingerprint density at radius 1 is 1.35 bits per heavy atom. The third kappa shape index (κ3) is 2.28. The van der Waals surface area contributed by atoms with Gasteiger partial charge in [-0.3, -0.25) is 0 Å². The van der Waals surface area contributed by atoms with Crippen LogP contribution in [0.4, 0.5) is 5.69 Å². The van der Waals surface area contributed by atoms with E-state index < -0.39 is 0 Å². The van der Waals surface area contributed by atoms with Crippen LogP contribution in [0.1, 0.15) is 44.7 Å². The lowest BCUT2D eigenvalue weighted by atomic mass is 9.92. The summed E-state index contributed by atoms with van der Waals surface area (Å²) in [4.78, 5) is 0. The largest absolute Gasteiger partial charge is 0.399 e. The molecule has 0 amide bonds. The molecule has 1 aromatic carbocycles. The highest BCUT2D eigenvalue weighted by Crippen LogP contribution is 2.44. The molecule has 1 aromatic heterocycles. The van der Waals surface area contributed by atoms with Gasteiger partial charge in [0.1, 0.15) is 0 Å². The van der Waals surface area contributed by atoms with Crippen molar-refractivity contribution >= 4 is 5.69 Å². The maximum Gasteiger partial charge on any atom is 0.182 e. The number of aryl methyl sites for hydroxylation is 1. The Bertz CT molecular complexity index is 629. The van der Waals surface area contributed by atoms with Crippen molar-refractivity contribution < 1.29 is 0 Å². The molecule has 1 aliphatic carbocycles. The summed E-state index contributed by atoms with van der Waals surface area (Å²) in [5.74, 6) is 0.843. The summed E-state index contributed by atoms with van der Waals surface area (Å²) in [7, 11) is 0. The summed E-state index contributed by atoms with van der Waals surface area (Å²) < 4.78 is 1.99. The average Bonchev–Trinajstić information content (AvgIpc) is 2.98. The van der Waals surface area contributed by atoms with Crippen LogP contribution in [0.2, 0.25) is 0 Å². The smallest absolute Gasteiger partial charge is 0.182 e. The predicted octanol–water partition coefficient (Wildman–Crippen LogP) is 2.98. The highest BCUT2D eigenvalue weighted by molar-refractivity contribution is 5.61. The minimum atomic E-state index is 0.380. The van der Waals surface area contributed by atoms with Gasteiger partial charge >= 0.3 is 0 Å². The van der Waals surface area contributed by atoms with E-state index in [2.05, 4.69) is 35.4 Å². The topological polar surface area (TPSA) is 69.6 Å². The van der Waals surface area contributed by atoms with Crippen LogP contribution in [-0.2, 0) is 0 Å². The van der Waals surface area contributed by atoms with Crippen molar-refractivity contribution in [3.63, 3.8) is 0 Å². The van der Waals surface area contributed by atoms with E-state index in [0.717, 1.165) is 35.5 Å². The van der Waals surface area contributed by atoms with E-state index in [-0.39, 0.29) is 0 Å². The molecule has 2 aromatic rings. The molecule has 20 heavy (non-hydrogen) atoms. The van der Waals surface area contributed by atoms with Crippen molar-refractivity contribution in [1.82, 2.24) is 20.2 Å². The molecule has 5 nitrogen and oxygen atoms in total. The number of hydrogen-bond donors (Lipinski definition) is 1. The van der Waals surface area contributed by atoms with Gasteiger partial charge in [-0.15, -0.1) is 5.10 Å². The number of nitrogen functional groups attached to an aromatic ring is 1. The molecule has 1 atom stereocenters. The monoisotopic (exact) mass is 271 g/mol. The standard InChI is InChI=1S/C15H21N5/c1-10-8-11(4-5-13(10)16)14-17-18-19-20(14)12-6-7-15(2,3)9-12/h4-5,8,12H,6-7,9,16H2,1-3H3. The van der Waals surface area contributed by atoms with Gasteiger partial charge in [-0.05, 0) is 65.8 Å². The minimum absolute atomic E-state index is 0.380. The molecule has 3 rings (SSSR count). The Labute approximate surface area is 119 Å². The number of hydrogen-bond acceptors (Lipinski definition) is 4. The van der Waals surface area contributed by atoms with Crippen LogP contribution < -0.4 is 5.73 Å². The molecule has 106 valence electrons. The molecule has 1 heterocycles. The molecule has 0 aliphatic heterocycles. The second-order valence-corrected chi connectivity index (χ2v) is 6.58. The van der Waals surface area contributed by atoms with Crippen LogP contribution in [0.3, 0.4) is 0 Å². The first-order valence-corrected chi connectivity index (χ1v) is 7.11. The first-order valence-electron chi connectivity index (χ1n) is 7.11. The van der Waals surface area contributed by atoms with Crippen molar-refractivity contribution in [1.29, 1.82) is 0 Å². The molecule has 5 heteroatoms. The second kappa shape index (κ2) is 4.58. The summed E-state index contributed by atoms with van der Waals surface area (Å²) in [5, 5.41) is 12.3. The average molecular weight is 271 g/mol. The fourth-order valence-electron chi connectivity index (χ4n) is 3.05. The lowest BCUT2D eigenvalue weighted by Crippen LogP contribution is -2.12. The highest BCUT2D eigenvalue weighted by Gasteiger charge is 2.34. The highest BCUT2D eigenvalue weighted by atomic mass is 15.5. The summed E-state index contributed by atoms with van der Waals surface area (Å²) in [6.07, 6.45) is 3.48. The second-order valence-electron chi connectivity index (χ2n) is 6.58. The Morgan fingerprint density at radius 2 is 2.15 bits per heavy atom. The summed E-state index contributed by atoms with van der Waals surface area (Å²) >= 11 is 0. The van der Waals surface area contributed by atoms with Crippen LogP contribution in [-0.4, -0.2) is 20.2 Å². The number of tetrazole rings is 1. The van der Waals surface area contributed by atoms with E-state index in [1.165, 1.54) is 6.42 Å². The Balaban J connectivity index is 1.96. The normalized spacial score (nSPS) is 21.2. The van der Waals surface area contributed by atoms with E-state index in [1.54, 1.807) is 0 Å². The third-order valence-electron chi connectivity index (χ3n) is 4.31. The van der Waals surface area contributed by atoms with Crippen LogP contribution in [0.5, 0.6) is 0 Å². The minimum Gasteiger partial charge on any atom is -0.399 e. The number of benzene rings is 1. The van der Waals surface area contributed by atoms with Gasteiger partial charge in [0.05, 0.1) is 6.04 Å². The molecule has 0 bridgehead atoms. The quantitative estimate of drug-likeness (QED) is 0.852. The molecule has 0 radical (unpaired) electrons. The number of rotatable bonds is 2. The van der Waals surface area contributed by atoms with Gasteiger partial charge in [0.25, 0.3) is 0 Å². The zero-order valence-corrected chi connectivity index (χ0v) is 12.3. The van der Waals surface area contributed by atoms with Crippen molar-refractivity contribution in [3.05, 3.63) is 23.8 Å². The molecular formula is C15H21N5. The maximum absolute atomic E-state index is 5.88. The van der Waals surface area contributed by atoms with Crippen LogP contribution in [0.15, 0.2) is 18.2 Å². The Hall–Kier alpha value is -1.91. The van der Waals surface area contributed by atoms with E-state index in [9.17, 15) is 0 Å². The Morgan fingerprint density at radius 3 is 2.80 bits per heavy atom. The van der Waals surface area contributed by atoms with Crippen LogP contribution in [0, 0.1) is 12.3 Å². The SMILES string of the molecule is Cc1cc(-c2nnnn2C2CCC(C)(C)C2)ccc1N. The lowest BCUT2D eigenvalue weighted by Gasteiger charge is -2.17. The number of aromatic nitrogens is 4. The van der Waals surface area contributed by atoms with E-state index in [1.807, 2.05) is 23.7 Å². The zero-order valence-electron chi connectivity index (χ0n) is 12.3. The molecule has 1 aliphatic rings. The molecule has 0 saturated heterocycles. The number of anilines is 1. The first kappa shape index (κ1) is 13.1. The fraction of sp³-hybridized carbons (Fsp3) is 0.533. The maximum atomic E-state index is 5.88. The zero-order chi connectivity index (χ0) is 14.3. The Kier molecular flexibility index (Phi) is 3.00. The summed E-state index contributed by atoms with van der Waals surface area (Å²) in [6.45, 7) is 6.63. The molecule has 0 spiro atoms. The molecule has 1 fully saturated rings. The number of nitrogens with zero attached hydrogens (tertiary/aromatic N) is 4. The van der Waals surface area contributed by atoms with Crippen molar-refractivity contribution in [2.45, 2.75) is 46.1 Å². The molecule has 2 N–H and O–H groups in total. The molecule has 1 unspecified atom stereocenters. The van der Waals surface area contributed by atoms with E-state index in [0.29, 0.717) is 11.5 Å². The van der Waals surface area contributed by atoms with Crippen molar-refractivity contribution in [2.24, 2.45) is 5.41 Å². The fourth-order valence-corrected chi connectivity index (χ4v) is 3.05. The first-order chi connectivity index (χ1) is 9.46. The van der Waals surface area contributed by atoms with Gasteiger partial charge in [-0.1, -0.05) is 13.8 Å². The summed E-state index contributed by atoms with van der Waals surface area (Å²) in [5.41, 5.74) is 9.15. The van der Waals surface area contributed by atoms with Crippen LogP contribution in [0.25, 0.3) is 11.4 Å². The van der Waals surface area contributed by atoms with Crippen molar-refractivity contribution in [3.8, 4) is 11.4 Å². The molecular weight excluding hydrogens is 250 g/mol. The van der Waals surface area contributed by atoms with Gasteiger partial charge in [-0.2, -0.15) is 0 Å². The van der Waals surface area contributed by atoms with E-state index in [4.69, 9.17) is 5.73 Å².